The van der Waals surface area contributed by atoms with Gasteiger partial charge in [0.1, 0.15) is 11.5 Å². The maximum Gasteiger partial charge on any atom is 0.187 e. The summed E-state index contributed by atoms with van der Waals surface area (Å²) in [4.78, 5) is 0. The Hall–Kier alpha value is -3.34. The van der Waals surface area contributed by atoms with Crippen molar-refractivity contribution in [2.45, 2.75) is 0 Å². The van der Waals surface area contributed by atoms with Crippen LogP contribution in [0.4, 0.5) is 4.39 Å². The number of nitrogens with zero attached hydrogens (tertiary/aromatic N) is 4. The highest BCUT2D eigenvalue weighted by Gasteiger charge is 2.16. The Morgan fingerprint density at radius 1 is 0.708 bits per heavy atom. The number of hydrogen-bond acceptors (Lipinski definition) is 3. The fourth-order valence-electron chi connectivity index (χ4n) is 2.69. The van der Waals surface area contributed by atoms with Crippen LogP contribution in [0.2, 0.25) is 0 Å². The second kappa shape index (κ2) is 6.04. The van der Waals surface area contributed by atoms with Crippen LogP contribution in [-0.4, -0.2) is 20.2 Å². The van der Waals surface area contributed by atoms with E-state index in [0.29, 0.717) is 11.5 Å². The van der Waals surface area contributed by atoms with Gasteiger partial charge in [0.25, 0.3) is 0 Å². The summed E-state index contributed by atoms with van der Waals surface area (Å²) in [5.74, 6) is 0.128. The minimum absolute atomic E-state index is 0.320. The van der Waals surface area contributed by atoms with Crippen molar-refractivity contribution in [3.63, 3.8) is 0 Å². The topological polar surface area (TPSA) is 43.6 Å². The van der Waals surface area contributed by atoms with Crippen molar-refractivity contribution >= 4 is 0 Å². The summed E-state index contributed by atoms with van der Waals surface area (Å²) in [5, 5.41) is 11.8. The Labute approximate surface area is 138 Å². The number of rotatable bonds is 3. The van der Waals surface area contributed by atoms with Crippen molar-refractivity contribution < 1.29 is 4.39 Å². The molecule has 0 N–H and O–H groups in total. The van der Waals surface area contributed by atoms with Gasteiger partial charge in [-0.25, -0.2) is 4.39 Å². The number of para-hydroxylation sites is 1. The summed E-state index contributed by atoms with van der Waals surface area (Å²) >= 11 is 0. The zero-order valence-electron chi connectivity index (χ0n) is 12.7. The molecular weight excluding hydrogens is 303 g/mol. The molecule has 0 radical (unpaired) electrons. The van der Waals surface area contributed by atoms with E-state index in [4.69, 9.17) is 0 Å². The van der Waals surface area contributed by atoms with Crippen LogP contribution < -0.4 is 0 Å². The van der Waals surface area contributed by atoms with Crippen LogP contribution in [0.25, 0.3) is 28.2 Å². The van der Waals surface area contributed by atoms with E-state index < -0.39 is 0 Å². The number of hydrogen-bond donors (Lipinski definition) is 0. The first-order valence-corrected chi connectivity index (χ1v) is 7.53. The van der Waals surface area contributed by atoms with Gasteiger partial charge in [0.05, 0.1) is 0 Å². The Bertz CT molecular complexity index is 979. The first-order valence-electron chi connectivity index (χ1n) is 7.53. The first-order chi connectivity index (χ1) is 11.8. The summed E-state index contributed by atoms with van der Waals surface area (Å²) < 4.78 is 15.6. The van der Waals surface area contributed by atoms with E-state index >= 15 is 0 Å². The fourth-order valence-corrected chi connectivity index (χ4v) is 2.69. The molecule has 4 aromatic rings. The average Bonchev–Trinajstić information content (AvgIpc) is 3.12. The molecule has 0 bridgehead atoms. The molecule has 1 aromatic heterocycles. The van der Waals surface area contributed by atoms with Gasteiger partial charge in [-0.3, -0.25) is 0 Å². The molecule has 1 heterocycles. The van der Waals surface area contributed by atoms with Crippen LogP contribution in [0, 0.1) is 5.82 Å². The van der Waals surface area contributed by atoms with Crippen molar-refractivity contribution in [3.8, 4) is 28.2 Å². The van der Waals surface area contributed by atoms with Crippen molar-refractivity contribution in [1.29, 1.82) is 0 Å². The van der Waals surface area contributed by atoms with Crippen molar-refractivity contribution in [1.82, 2.24) is 20.2 Å². The molecule has 0 aliphatic carbocycles. The van der Waals surface area contributed by atoms with Crippen molar-refractivity contribution in [2.75, 3.05) is 0 Å². The molecular formula is C19H13FN4. The highest BCUT2D eigenvalue weighted by Crippen LogP contribution is 2.31. The van der Waals surface area contributed by atoms with Gasteiger partial charge in [0, 0.05) is 5.56 Å². The number of benzene rings is 3. The van der Waals surface area contributed by atoms with Gasteiger partial charge < -0.3 is 0 Å². The number of halogens is 1. The third-order valence-electron chi connectivity index (χ3n) is 3.80. The standard InChI is InChI=1S/C19H13FN4/c20-17-12-6-7-13-18(17)24-19(21-22-23-24)16-11-5-4-10-15(16)14-8-2-1-3-9-14/h1-13H. The molecule has 3 aromatic carbocycles. The molecule has 4 rings (SSSR count). The molecule has 4 nitrogen and oxygen atoms in total. The zero-order chi connectivity index (χ0) is 16.4. The largest absolute Gasteiger partial charge is 0.205 e. The molecule has 0 aliphatic heterocycles. The molecule has 116 valence electrons. The van der Waals surface area contributed by atoms with E-state index in [1.165, 1.54) is 10.7 Å². The van der Waals surface area contributed by atoms with Crippen LogP contribution in [0.3, 0.4) is 0 Å². The number of aromatic nitrogens is 4. The second-order valence-corrected chi connectivity index (χ2v) is 5.28. The predicted molar refractivity (Wildman–Crippen MR) is 90.0 cm³/mol. The molecule has 0 saturated carbocycles. The van der Waals surface area contributed by atoms with E-state index in [1.54, 1.807) is 18.2 Å². The summed E-state index contributed by atoms with van der Waals surface area (Å²) in [7, 11) is 0. The van der Waals surface area contributed by atoms with Crippen molar-refractivity contribution in [3.05, 3.63) is 84.7 Å². The molecule has 0 spiro atoms. The first kappa shape index (κ1) is 14.3. The minimum Gasteiger partial charge on any atom is -0.205 e. The lowest BCUT2D eigenvalue weighted by atomic mass is 9.99. The molecule has 24 heavy (non-hydrogen) atoms. The van der Waals surface area contributed by atoms with Crippen LogP contribution >= 0.6 is 0 Å². The maximum absolute atomic E-state index is 14.2. The Balaban J connectivity index is 1.91. The summed E-state index contributed by atoms with van der Waals surface area (Å²) in [5.41, 5.74) is 3.21. The summed E-state index contributed by atoms with van der Waals surface area (Å²) in [6, 6.07) is 24.2. The van der Waals surface area contributed by atoms with Gasteiger partial charge in [0.15, 0.2) is 5.82 Å². The van der Waals surface area contributed by atoms with Gasteiger partial charge in [-0.2, -0.15) is 4.68 Å². The second-order valence-electron chi connectivity index (χ2n) is 5.28. The maximum atomic E-state index is 14.2. The predicted octanol–water partition coefficient (Wildman–Crippen LogP) is 4.14. The van der Waals surface area contributed by atoms with Crippen LogP contribution in [0.1, 0.15) is 0 Å². The molecule has 0 aliphatic rings. The Morgan fingerprint density at radius 3 is 2.17 bits per heavy atom. The number of tetrazole rings is 1. The summed E-state index contributed by atoms with van der Waals surface area (Å²) in [6.45, 7) is 0. The molecule has 0 unspecified atom stereocenters. The van der Waals surface area contributed by atoms with Gasteiger partial charge in [-0.05, 0) is 33.7 Å². The average molecular weight is 316 g/mol. The molecule has 0 saturated heterocycles. The molecule has 5 heteroatoms. The van der Waals surface area contributed by atoms with E-state index in [0.717, 1.165) is 16.7 Å². The van der Waals surface area contributed by atoms with Gasteiger partial charge in [-0.1, -0.05) is 66.7 Å². The van der Waals surface area contributed by atoms with E-state index in [9.17, 15) is 4.39 Å². The Kier molecular flexibility index (Phi) is 3.59. The smallest absolute Gasteiger partial charge is 0.187 e. The molecule has 0 fully saturated rings. The zero-order valence-corrected chi connectivity index (χ0v) is 12.7. The molecule has 0 amide bonds. The van der Waals surface area contributed by atoms with Crippen LogP contribution in [-0.2, 0) is 0 Å². The van der Waals surface area contributed by atoms with Crippen LogP contribution in [0.5, 0.6) is 0 Å². The molecule has 0 atom stereocenters. The van der Waals surface area contributed by atoms with Crippen LogP contribution in [0.15, 0.2) is 78.9 Å². The quantitative estimate of drug-likeness (QED) is 0.570. The van der Waals surface area contributed by atoms with Gasteiger partial charge >= 0.3 is 0 Å². The normalized spacial score (nSPS) is 10.7. The van der Waals surface area contributed by atoms with E-state index in [-0.39, 0.29) is 5.82 Å². The lowest BCUT2D eigenvalue weighted by Crippen LogP contribution is -2.03. The summed E-state index contributed by atoms with van der Waals surface area (Å²) in [6.07, 6.45) is 0. The lowest BCUT2D eigenvalue weighted by Gasteiger charge is -2.10. The third-order valence-corrected chi connectivity index (χ3v) is 3.80. The lowest BCUT2D eigenvalue weighted by molar-refractivity contribution is 0.608. The minimum atomic E-state index is -0.372. The highest BCUT2D eigenvalue weighted by molar-refractivity contribution is 5.80. The van der Waals surface area contributed by atoms with E-state index in [1.807, 2.05) is 54.6 Å². The van der Waals surface area contributed by atoms with Crippen molar-refractivity contribution in [2.24, 2.45) is 0 Å². The van der Waals surface area contributed by atoms with Gasteiger partial charge in [-0.15, -0.1) is 5.10 Å². The monoisotopic (exact) mass is 316 g/mol. The van der Waals surface area contributed by atoms with E-state index in [2.05, 4.69) is 15.5 Å². The fraction of sp³-hybridized carbons (Fsp3) is 0. The SMILES string of the molecule is Fc1ccccc1-n1nnnc1-c1ccccc1-c1ccccc1. The highest BCUT2D eigenvalue weighted by atomic mass is 19.1. The third kappa shape index (κ3) is 2.46. The Morgan fingerprint density at radius 2 is 1.38 bits per heavy atom. The van der Waals surface area contributed by atoms with Gasteiger partial charge in [0.2, 0.25) is 0 Å².